The number of rotatable bonds is 4. The fourth-order valence-electron chi connectivity index (χ4n) is 4.82. The van der Waals surface area contributed by atoms with Crippen molar-refractivity contribution in [2.24, 2.45) is 5.92 Å². The van der Waals surface area contributed by atoms with Crippen molar-refractivity contribution in [3.63, 3.8) is 0 Å². The Balaban J connectivity index is 1.23. The fourth-order valence-corrected chi connectivity index (χ4v) is 4.82. The lowest BCUT2D eigenvalue weighted by atomic mass is 9.96. The van der Waals surface area contributed by atoms with Crippen LogP contribution in [0.1, 0.15) is 46.3 Å². The van der Waals surface area contributed by atoms with Crippen LogP contribution in [-0.4, -0.2) is 35.5 Å². The van der Waals surface area contributed by atoms with Gasteiger partial charge >= 0.3 is 0 Å². The van der Waals surface area contributed by atoms with Crippen molar-refractivity contribution < 1.29 is 4.79 Å². The van der Waals surface area contributed by atoms with Crippen molar-refractivity contribution in [2.45, 2.75) is 39.0 Å². The van der Waals surface area contributed by atoms with E-state index in [2.05, 4.69) is 40.3 Å². The van der Waals surface area contributed by atoms with Crippen molar-refractivity contribution in [3.05, 3.63) is 65.0 Å². The number of nitrogens with zero attached hydrogens (tertiary/aromatic N) is 3. The molecular formula is C25H28N4O. The number of carbonyl (C=O) groups excluding carboxylic acids is 1. The highest BCUT2D eigenvalue weighted by Gasteiger charge is 2.22. The Labute approximate surface area is 177 Å². The summed E-state index contributed by atoms with van der Waals surface area (Å²) in [5.74, 6) is 1.59. The predicted octanol–water partition coefficient (Wildman–Crippen LogP) is 4.07. The van der Waals surface area contributed by atoms with Gasteiger partial charge in [-0.2, -0.15) is 0 Å². The topological polar surface area (TPSA) is 58.1 Å². The maximum absolute atomic E-state index is 12.3. The van der Waals surface area contributed by atoms with E-state index in [1.54, 1.807) is 24.5 Å². The number of carbonyl (C=O) groups is 1. The minimum Gasteiger partial charge on any atom is -0.357 e. The van der Waals surface area contributed by atoms with Crippen molar-refractivity contribution in [1.29, 1.82) is 0 Å². The van der Waals surface area contributed by atoms with Gasteiger partial charge in [-0.1, -0.05) is 0 Å². The normalized spacial score (nSPS) is 16.6. The Morgan fingerprint density at radius 2 is 1.83 bits per heavy atom. The predicted molar refractivity (Wildman–Crippen MR) is 120 cm³/mol. The van der Waals surface area contributed by atoms with E-state index in [4.69, 9.17) is 4.98 Å². The van der Waals surface area contributed by atoms with Crippen LogP contribution in [-0.2, 0) is 12.8 Å². The molecule has 1 amide bonds. The Kier molecular flexibility index (Phi) is 5.11. The molecule has 2 aliphatic rings. The van der Waals surface area contributed by atoms with E-state index < -0.39 is 0 Å². The largest absolute Gasteiger partial charge is 0.357 e. The summed E-state index contributed by atoms with van der Waals surface area (Å²) in [7, 11) is 0. The second-order valence-corrected chi connectivity index (χ2v) is 8.67. The van der Waals surface area contributed by atoms with E-state index in [-0.39, 0.29) is 5.91 Å². The molecule has 1 aliphatic carbocycles. The molecule has 154 valence electrons. The molecule has 1 aliphatic heterocycles. The van der Waals surface area contributed by atoms with Crippen LogP contribution in [0.2, 0.25) is 0 Å². The first-order valence-electron chi connectivity index (χ1n) is 11.0. The fraction of sp³-hybridized carbons (Fsp3) is 0.400. The number of pyridine rings is 2. The van der Waals surface area contributed by atoms with Crippen molar-refractivity contribution in [1.82, 2.24) is 15.3 Å². The Bertz CT molecular complexity index is 1070. The molecule has 5 rings (SSSR count). The zero-order valence-electron chi connectivity index (χ0n) is 17.5. The number of benzene rings is 1. The molecule has 1 fully saturated rings. The van der Waals surface area contributed by atoms with Gasteiger partial charge in [-0.05, 0) is 92.0 Å². The molecule has 3 heterocycles. The maximum atomic E-state index is 12.3. The third kappa shape index (κ3) is 3.76. The molecule has 0 radical (unpaired) electrons. The van der Waals surface area contributed by atoms with Crippen LogP contribution in [0.15, 0.2) is 42.7 Å². The summed E-state index contributed by atoms with van der Waals surface area (Å²) in [6.45, 7) is 4.90. The second kappa shape index (κ2) is 8.05. The molecule has 0 spiro atoms. The van der Waals surface area contributed by atoms with Gasteiger partial charge in [0.05, 0.1) is 5.52 Å². The first kappa shape index (κ1) is 19.0. The van der Waals surface area contributed by atoms with Gasteiger partial charge in [-0.3, -0.25) is 9.78 Å². The molecule has 0 atom stereocenters. The number of aryl methyl sites for hydroxylation is 3. The molecule has 0 saturated carbocycles. The summed E-state index contributed by atoms with van der Waals surface area (Å²) in [5, 5.41) is 4.38. The molecule has 30 heavy (non-hydrogen) atoms. The zero-order valence-corrected chi connectivity index (χ0v) is 17.5. The van der Waals surface area contributed by atoms with Gasteiger partial charge in [-0.25, -0.2) is 4.98 Å². The van der Waals surface area contributed by atoms with Crippen LogP contribution in [0.25, 0.3) is 10.9 Å². The summed E-state index contributed by atoms with van der Waals surface area (Å²) in [5.41, 5.74) is 6.11. The monoisotopic (exact) mass is 400 g/mol. The lowest BCUT2D eigenvalue weighted by molar-refractivity contribution is 0.0945. The Morgan fingerprint density at radius 1 is 1.10 bits per heavy atom. The van der Waals surface area contributed by atoms with Crippen molar-refractivity contribution >= 4 is 22.6 Å². The first-order valence-corrected chi connectivity index (χ1v) is 11.0. The summed E-state index contributed by atoms with van der Waals surface area (Å²) in [4.78, 5) is 23.7. The molecule has 1 aromatic carbocycles. The molecule has 5 nitrogen and oxygen atoms in total. The van der Waals surface area contributed by atoms with Gasteiger partial charge in [0.1, 0.15) is 5.82 Å². The van der Waals surface area contributed by atoms with Gasteiger partial charge in [0.15, 0.2) is 0 Å². The third-order valence-corrected chi connectivity index (χ3v) is 6.65. The number of amides is 1. The number of hydrogen-bond acceptors (Lipinski definition) is 4. The first-order chi connectivity index (χ1) is 14.7. The van der Waals surface area contributed by atoms with E-state index in [1.165, 1.54) is 41.3 Å². The SMILES string of the molecule is Cc1cc(N2CCC(CNC(=O)c3ccncc3)CC2)nc2cc3c(cc12)CCC3. The standard InChI is InChI=1S/C25H28N4O/c1-17-13-24(28-23-15-21-4-2-3-20(21)14-22(17)23)29-11-7-18(8-12-29)16-27-25(30)19-5-9-26-10-6-19/h5-6,9-10,13-15,18H,2-4,7-8,11-12,16H2,1H3,(H,27,30). The molecule has 1 N–H and O–H groups in total. The van der Waals surface area contributed by atoms with E-state index in [9.17, 15) is 4.79 Å². The Morgan fingerprint density at radius 3 is 2.60 bits per heavy atom. The van der Waals surface area contributed by atoms with E-state index in [0.29, 0.717) is 11.5 Å². The van der Waals surface area contributed by atoms with Crippen LogP contribution in [0.3, 0.4) is 0 Å². The number of aromatic nitrogens is 2. The van der Waals surface area contributed by atoms with Crippen molar-refractivity contribution in [3.8, 4) is 0 Å². The van der Waals surface area contributed by atoms with Gasteiger partial charge in [0.2, 0.25) is 0 Å². The van der Waals surface area contributed by atoms with E-state index >= 15 is 0 Å². The number of anilines is 1. The maximum Gasteiger partial charge on any atom is 0.251 e. The van der Waals surface area contributed by atoms with E-state index in [0.717, 1.165) is 43.8 Å². The van der Waals surface area contributed by atoms with Gasteiger partial charge in [0, 0.05) is 43.0 Å². The van der Waals surface area contributed by atoms with Gasteiger partial charge in [0.25, 0.3) is 5.91 Å². The van der Waals surface area contributed by atoms with Crippen molar-refractivity contribution in [2.75, 3.05) is 24.5 Å². The molecule has 0 bridgehead atoms. The quantitative estimate of drug-likeness (QED) is 0.717. The van der Waals surface area contributed by atoms with Gasteiger partial charge in [-0.15, -0.1) is 0 Å². The summed E-state index contributed by atoms with van der Waals surface area (Å²) in [6, 6.07) is 10.4. The lowest BCUT2D eigenvalue weighted by Crippen LogP contribution is -2.39. The van der Waals surface area contributed by atoms with Crippen LogP contribution in [0.4, 0.5) is 5.82 Å². The van der Waals surface area contributed by atoms with Crippen LogP contribution in [0, 0.1) is 12.8 Å². The van der Waals surface area contributed by atoms with Crippen LogP contribution >= 0.6 is 0 Å². The smallest absolute Gasteiger partial charge is 0.251 e. The molecule has 3 aromatic rings. The highest BCUT2D eigenvalue weighted by Crippen LogP contribution is 2.31. The number of hydrogen-bond donors (Lipinski definition) is 1. The van der Waals surface area contributed by atoms with E-state index in [1.807, 2.05) is 0 Å². The van der Waals surface area contributed by atoms with Gasteiger partial charge < -0.3 is 10.2 Å². The minimum atomic E-state index is -0.0146. The third-order valence-electron chi connectivity index (χ3n) is 6.65. The zero-order chi connectivity index (χ0) is 20.5. The summed E-state index contributed by atoms with van der Waals surface area (Å²) in [6.07, 6.45) is 9.10. The molecule has 5 heteroatoms. The number of nitrogens with one attached hydrogen (secondary N) is 1. The van der Waals surface area contributed by atoms with Crippen LogP contribution < -0.4 is 10.2 Å². The second-order valence-electron chi connectivity index (χ2n) is 8.67. The summed E-state index contributed by atoms with van der Waals surface area (Å²) >= 11 is 0. The number of piperidine rings is 1. The molecule has 0 unspecified atom stereocenters. The number of fused-ring (bicyclic) bond motifs is 2. The highest BCUT2D eigenvalue weighted by molar-refractivity contribution is 5.94. The van der Waals surface area contributed by atoms with Crippen LogP contribution in [0.5, 0.6) is 0 Å². The summed E-state index contributed by atoms with van der Waals surface area (Å²) < 4.78 is 0. The molecule has 2 aromatic heterocycles. The molecule has 1 saturated heterocycles. The Hall–Kier alpha value is -2.95. The highest BCUT2D eigenvalue weighted by atomic mass is 16.1. The molecular weight excluding hydrogens is 372 g/mol. The lowest BCUT2D eigenvalue weighted by Gasteiger charge is -2.33. The average Bonchev–Trinajstić information content (AvgIpc) is 3.24. The minimum absolute atomic E-state index is 0.0146. The average molecular weight is 401 g/mol.